The van der Waals surface area contributed by atoms with Crippen molar-refractivity contribution in [2.24, 2.45) is 0 Å². The molecule has 0 aliphatic heterocycles. The fraction of sp³-hybridized carbons (Fsp3) is 0.333. The molecule has 16 heavy (non-hydrogen) atoms. The zero-order chi connectivity index (χ0) is 11.0. The first-order valence-electron chi connectivity index (χ1n) is 5.42. The maximum atomic E-state index is 5.21. The van der Waals surface area contributed by atoms with Crippen molar-refractivity contribution in [2.75, 3.05) is 7.11 Å². The Morgan fingerprint density at radius 3 is 3.00 bits per heavy atom. The topological polar surface area (TPSA) is 39.9 Å². The Labute approximate surface area is 93.9 Å². The highest BCUT2D eigenvalue weighted by Crippen LogP contribution is 2.37. The summed E-state index contributed by atoms with van der Waals surface area (Å²) in [5.41, 5.74) is 1.06. The number of benzene rings is 1. The minimum atomic E-state index is 0.594. The van der Waals surface area contributed by atoms with Gasteiger partial charge in [-0.25, -0.2) is 0 Å². The van der Waals surface area contributed by atoms with Gasteiger partial charge in [-0.05, 0) is 25.0 Å². The van der Waals surface area contributed by atoms with Gasteiger partial charge in [0.15, 0.2) is 5.82 Å². The van der Waals surface area contributed by atoms with Crippen LogP contribution in [0.25, 0.3) is 11.4 Å². The first-order chi connectivity index (χ1) is 7.88. The van der Waals surface area contributed by atoms with Crippen molar-refractivity contribution in [1.82, 2.24) is 14.8 Å². The van der Waals surface area contributed by atoms with Gasteiger partial charge >= 0.3 is 0 Å². The van der Waals surface area contributed by atoms with Gasteiger partial charge in [0.05, 0.1) is 7.11 Å². The van der Waals surface area contributed by atoms with Crippen molar-refractivity contribution < 1.29 is 4.74 Å². The summed E-state index contributed by atoms with van der Waals surface area (Å²) in [4.78, 5) is 0. The number of rotatable bonds is 3. The monoisotopic (exact) mass is 215 g/mol. The first-order valence-corrected chi connectivity index (χ1v) is 5.42. The highest BCUT2D eigenvalue weighted by molar-refractivity contribution is 5.57. The summed E-state index contributed by atoms with van der Waals surface area (Å²) in [6.45, 7) is 0. The number of aromatic nitrogens is 3. The highest BCUT2D eigenvalue weighted by atomic mass is 16.5. The summed E-state index contributed by atoms with van der Waals surface area (Å²) < 4.78 is 7.36. The molecule has 1 aromatic carbocycles. The van der Waals surface area contributed by atoms with Gasteiger partial charge in [0.1, 0.15) is 12.1 Å². The lowest BCUT2D eigenvalue weighted by molar-refractivity contribution is 0.415. The van der Waals surface area contributed by atoms with E-state index in [9.17, 15) is 0 Å². The number of methoxy groups -OCH3 is 1. The Bertz CT molecular complexity index is 502. The van der Waals surface area contributed by atoms with E-state index < -0.39 is 0 Å². The molecular formula is C12H13N3O. The Morgan fingerprint density at radius 1 is 1.38 bits per heavy atom. The number of hydrogen-bond donors (Lipinski definition) is 0. The lowest BCUT2D eigenvalue weighted by atomic mass is 10.2. The second-order valence-electron chi connectivity index (χ2n) is 4.02. The molecule has 0 unspecified atom stereocenters. The molecule has 0 spiro atoms. The van der Waals surface area contributed by atoms with Crippen LogP contribution in [0.2, 0.25) is 0 Å². The zero-order valence-electron chi connectivity index (χ0n) is 9.13. The van der Waals surface area contributed by atoms with E-state index in [0.29, 0.717) is 6.04 Å². The van der Waals surface area contributed by atoms with Crippen LogP contribution >= 0.6 is 0 Å². The second-order valence-corrected chi connectivity index (χ2v) is 4.02. The molecule has 0 bridgehead atoms. The van der Waals surface area contributed by atoms with Crippen molar-refractivity contribution in [3.8, 4) is 17.1 Å². The standard InChI is InChI=1S/C12H13N3O/c1-16-11-4-2-3-9(7-11)12-14-13-8-15(12)10-5-6-10/h2-4,7-8,10H,5-6H2,1H3. The van der Waals surface area contributed by atoms with E-state index in [4.69, 9.17) is 4.74 Å². The van der Waals surface area contributed by atoms with E-state index >= 15 is 0 Å². The lowest BCUT2D eigenvalue weighted by Gasteiger charge is -2.06. The van der Waals surface area contributed by atoms with E-state index in [1.807, 2.05) is 30.6 Å². The zero-order valence-corrected chi connectivity index (χ0v) is 9.13. The van der Waals surface area contributed by atoms with Crippen molar-refractivity contribution in [3.05, 3.63) is 30.6 Å². The van der Waals surface area contributed by atoms with Crippen LogP contribution in [0.15, 0.2) is 30.6 Å². The Kier molecular flexibility index (Phi) is 2.13. The SMILES string of the molecule is COc1cccc(-c2nncn2C2CC2)c1. The van der Waals surface area contributed by atoms with Crippen LogP contribution in [0.5, 0.6) is 5.75 Å². The van der Waals surface area contributed by atoms with Gasteiger partial charge < -0.3 is 9.30 Å². The molecule has 1 aliphatic carbocycles. The maximum Gasteiger partial charge on any atom is 0.164 e. The predicted octanol–water partition coefficient (Wildman–Crippen LogP) is 2.29. The fourth-order valence-corrected chi connectivity index (χ4v) is 1.83. The van der Waals surface area contributed by atoms with E-state index in [1.54, 1.807) is 7.11 Å². The lowest BCUT2D eigenvalue weighted by Crippen LogP contribution is -1.96. The van der Waals surface area contributed by atoms with Crippen molar-refractivity contribution >= 4 is 0 Å². The van der Waals surface area contributed by atoms with E-state index in [0.717, 1.165) is 17.1 Å². The summed E-state index contributed by atoms with van der Waals surface area (Å²) in [7, 11) is 1.67. The second kappa shape index (κ2) is 3.63. The van der Waals surface area contributed by atoms with Gasteiger partial charge in [0, 0.05) is 11.6 Å². The molecule has 1 aromatic heterocycles. The molecule has 1 heterocycles. The largest absolute Gasteiger partial charge is 0.497 e. The van der Waals surface area contributed by atoms with Crippen LogP contribution in [0.3, 0.4) is 0 Å². The highest BCUT2D eigenvalue weighted by Gasteiger charge is 2.26. The first kappa shape index (κ1) is 9.39. The van der Waals surface area contributed by atoms with Crippen molar-refractivity contribution in [3.63, 3.8) is 0 Å². The summed E-state index contributed by atoms with van der Waals surface area (Å²) in [5, 5.41) is 8.17. The van der Waals surface area contributed by atoms with Crippen molar-refractivity contribution in [1.29, 1.82) is 0 Å². The van der Waals surface area contributed by atoms with Crippen LogP contribution < -0.4 is 4.74 Å². The van der Waals surface area contributed by atoms with E-state index in [-0.39, 0.29) is 0 Å². The minimum Gasteiger partial charge on any atom is -0.497 e. The maximum absolute atomic E-state index is 5.21. The number of nitrogens with zero attached hydrogens (tertiary/aromatic N) is 3. The molecule has 0 radical (unpaired) electrons. The number of ether oxygens (including phenoxy) is 1. The van der Waals surface area contributed by atoms with Crippen LogP contribution in [0, 0.1) is 0 Å². The summed E-state index contributed by atoms with van der Waals surface area (Å²) in [6, 6.07) is 8.52. The van der Waals surface area contributed by atoms with Crippen LogP contribution in [0.1, 0.15) is 18.9 Å². The molecule has 0 amide bonds. The average Bonchev–Trinajstić information content (AvgIpc) is 3.07. The quantitative estimate of drug-likeness (QED) is 0.788. The molecule has 1 fully saturated rings. The summed E-state index contributed by atoms with van der Waals surface area (Å²) >= 11 is 0. The third-order valence-electron chi connectivity index (χ3n) is 2.84. The molecule has 0 saturated heterocycles. The average molecular weight is 215 g/mol. The van der Waals surface area contributed by atoms with Crippen LogP contribution in [-0.2, 0) is 0 Å². The Hall–Kier alpha value is -1.84. The molecule has 3 rings (SSSR count). The predicted molar refractivity (Wildman–Crippen MR) is 60.3 cm³/mol. The van der Waals surface area contributed by atoms with Crippen LogP contribution in [-0.4, -0.2) is 21.9 Å². The summed E-state index contributed by atoms with van der Waals surface area (Å²) in [5.74, 6) is 1.78. The van der Waals surface area contributed by atoms with E-state index in [1.165, 1.54) is 12.8 Å². The van der Waals surface area contributed by atoms with E-state index in [2.05, 4.69) is 14.8 Å². The third-order valence-corrected chi connectivity index (χ3v) is 2.84. The summed E-state index contributed by atoms with van der Waals surface area (Å²) in [6.07, 6.45) is 4.27. The smallest absolute Gasteiger partial charge is 0.164 e. The van der Waals surface area contributed by atoms with Gasteiger partial charge in [-0.3, -0.25) is 0 Å². The Balaban J connectivity index is 2.03. The molecule has 1 saturated carbocycles. The number of hydrogen-bond acceptors (Lipinski definition) is 3. The molecule has 4 nitrogen and oxygen atoms in total. The molecule has 4 heteroatoms. The molecule has 0 atom stereocenters. The molecule has 82 valence electrons. The molecule has 0 N–H and O–H groups in total. The van der Waals surface area contributed by atoms with Gasteiger partial charge in [-0.2, -0.15) is 0 Å². The molecular weight excluding hydrogens is 202 g/mol. The molecule has 1 aliphatic rings. The van der Waals surface area contributed by atoms with Gasteiger partial charge in [-0.1, -0.05) is 12.1 Å². The minimum absolute atomic E-state index is 0.594. The van der Waals surface area contributed by atoms with Gasteiger partial charge in [0.2, 0.25) is 0 Å². The normalized spacial score (nSPS) is 15.1. The van der Waals surface area contributed by atoms with Gasteiger partial charge in [-0.15, -0.1) is 10.2 Å². The fourth-order valence-electron chi connectivity index (χ4n) is 1.83. The third kappa shape index (κ3) is 1.56. The van der Waals surface area contributed by atoms with Gasteiger partial charge in [0.25, 0.3) is 0 Å². The van der Waals surface area contributed by atoms with Crippen LogP contribution in [0.4, 0.5) is 0 Å². The molecule has 2 aromatic rings. The Morgan fingerprint density at radius 2 is 2.25 bits per heavy atom. The van der Waals surface area contributed by atoms with Crippen molar-refractivity contribution in [2.45, 2.75) is 18.9 Å².